The van der Waals surface area contributed by atoms with E-state index < -0.39 is 0 Å². The lowest BCUT2D eigenvalue weighted by molar-refractivity contribution is 0.230. The first kappa shape index (κ1) is 15.0. The maximum absolute atomic E-state index is 5.52. The highest BCUT2D eigenvalue weighted by Crippen LogP contribution is 2.32. The molecule has 1 saturated heterocycles. The van der Waals surface area contributed by atoms with Gasteiger partial charge in [0.2, 0.25) is 0 Å². The summed E-state index contributed by atoms with van der Waals surface area (Å²) in [5.74, 6) is 2.79. The lowest BCUT2D eigenvalue weighted by Crippen LogP contribution is -2.46. The molecule has 0 saturated carbocycles. The Balaban J connectivity index is 1.54. The monoisotopic (exact) mass is 324 g/mol. The van der Waals surface area contributed by atoms with Crippen molar-refractivity contribution in [2.45, 2.75) is 6.54 Å². The highest BCUT2D eigenvalue weighted by Gasteiger charge is 2.21. The molecule has 3 heterocycles. The summed E-state index contributed by atoms with van der Waals surface area (Å²) in [5, 5.41) is 0.988. The molecule has 1 aliphatic rings. The van der Waals surface area contributed by atoms with Crippen LogP contribution in [0.3, 0.4) is 0 Å². The van der Waals surface area contributed by atoms with Crippen molar-refractivity contribution < 1.29 is 9.15 Å². The Morgan fingerprint density at radius 1 is 1.08 bits per heavy atom. The lowest BCUT2D eigenvalue weighted by Gasteiger charge is -2.35. The van der Waals surface area contributed by atoms with Crippen molar-refractivity contribution in [3.05, 3.63) is 48.7 Å². The van der Waals surface area contributed by atoms with Crippen LogP contribution >= 0.6 is 0 Å². The molecule has 1 fully saturated rings. The second-order valence-electron chi connectivity index (χ2n) is 5.89. The molecule has 2 aromatic heterocycles. The van der Waals surface area contributed by atoms with Gasteiger partial charge in [0.1, 0.15) is 23.7 Å². The van der Waals surface area contributed by atoms with Gasteiger partial charge in [-0.1, -0.05) is 6.07 Å². The smallest absolute Gasteiger partial charge is 0.143 e. The van der Waals surface area contributed by atoms with Gasteiger partial charge in [-0.15, -0.1) is 0 Å². The molecule has 0 amide bonds. The number of ether oxygens (including phenoxy) is 1. The largest absolute Gasteiger partial charge is 0.496 e. The predicted molar refractivity (Wildman–Crippen MR) is 92.3 cm³/mol. The summed E-state index contributed by atoms with van der Waals surface area (Å²) in [6, 6.07) is 9.87. The van der Waals surface area contributed by atoms with Gasteiger partial charge >= 0.3 is 0 Å². The van der Waals surface area contributed by atoms with E-state index >= 15 is 0 Å². The molecule has 1 aromatic carbocycles. The van der Waals surface area contributed by atoms with E-state index in [-0.39, 0.29) is 0 Å². The summed E-state index contributed by atoms with van der Waals surface area (Å²) in [7, 11) is 1.69. The number of nitrogens with zero attached hydrogens (tertiary/aromatic N) is 4. The fourth-order valence-corrected chi connectivity index (χ4v) is 3.21. The second kappa shape index (κ2) is 6.49. The molecular formula is C18H20N4O2. The Labute approximate surface area is 140 Å². The summed E-state index contributed by atoms with van der Waals surface area (Å²) in [4.78, 5) is 13.6. The van der Waals surface area contributed by atoms with Crippen LogP contribution in [0.5, 0.6) is 5.75 Å². The molecule has 24 heavy (non-hydrogen) atoms. The molecule has 0 radical (unpaired) electrons. The van der Waals surface area contributed by atoms with E-state index in [1.54, 1.807) is 19.7 Å². The minimum atomic E-state index is 0.820. The molecule has 0 N–H and O–H groups in total. The number of hydrogen-bond acceptors (Lipinski definition) is 6. The molecular weight excluding hydrogens is 304 g/mol. The number of aromatic nitrogens is 2. The van der Waals surface area contributed by atoms with Crippen LogP contribution in [0.4, 0.5) is 5.82 Å². The van der Waals surface area contributed by atoms with E-state index in [4.69, 9.17) is 9.15 Å². The quantitative estimate of drug-likeness (QED) is 0.735. The Bertz CT molecular complexity index is 806. The van der Waals surface area contributed by atoms with Gasteiger partial charge in [-0.2, -0.15) is 0 Å². The van der Waals surface area contributed by atoms with Crippen LogP contribution in [0.15, 0.2) is 47.3 Å². The minimum Gasteiger partial charge on any atom is -0.496 e. The average Bonchev–Trinajstić information content (AvgIpc) is 3.14. The maximum atomic E-state index is 5.52. The fraction of sp³-hybridized carbons (Fsp3) is 0.333. The van der Waals surface area contributed by atoms with Crippen LogP contribution in [0.25, 0.3) is 10.9 Å². The molecule has 0 atom stereocenters. The summed E-state index contributed by atoms with van der Waals surface area (Å²) >= 11 is 0. The number of fused-ring (bicyclic) bond motifs is 1. The molecule has 1 aliphatic heterocycles. The van der Waals surface area contributed by atoms with E-state index in [1.165, 1.54) is 0 Å². The van der Waals surface area contributed by atoms with Gasteiger partial charge in [-0.05, 0) is 24.3 Å². The molecule has 0 bridgehead atoms. The number of piperazine rings is 1. The zero-order valence-corrected chi connectivity index (χ0v) is 13.7. The predicted octanol–water partition coefficient (Wildman–Crippen LogP) is 2.55. The Hall–Kier alpha value is -2.60. The maximum Gasteiger partial charge on any atom is 0.143 e. The molecule has 124 valence electrons. The Kier molecular flexibility index (Phi) is 4.04. The van der Waals surface area contributed by atoms with Gasteiger partial charge in [0, 0.05) is 26.2 Å². The highest BCUT2D eigenvalue weighted by atomic mass is 16.5. The average molecular weight is 324 g/mol. The fourth-order valence-electron chi connectivity index (χ4n) is 3.21. The number of methoxy groups -OCH3 is 1. The first-order valence-electron chi connectivity index (χ1n) is 8.12. The molecule has 6 nitrogen and oxygen atoms in total. The van der Waals surface area contributed by atoms with Crippen molar-refractivity contribution in [1.82, 2.24) is 14.9 Å². The summed E-state index contributed by atoms with van der Waals surface area (Å²) in [5.41, 5.74) is 0.914. The third-order valence-electron chi connectivity index (χ3n) is 4.46. The lowest BCUT2D eigenvalue weighted by atomic mass is 10.2. The highest BCUT2D eigenvalue weighted by molar-refractivity contribution is 5.94. The molecule has 3 aromatic rings. The van der Waals surface area contributed by atoms with Crippen molar-refractivity contribution in [2.75, 3.05) is 38.2 Å². The van der Waals surface area contributed by atoms with Crippen molar-refractivity contribution in [3.8, 4) is 5.75 Å². The first-order chi connectivity index (χ1) is 11.8. The van der Waals surface area contributed by atoms with E-state index in [0.29, 0.717) is 0 Å². The van der Waals surface area contributed by atoms with Crippen LogP contribution in [-0.4, -0.2) is 48.2 Å². The number of rotatable bonds is 4. The van der Waals surface area contributed by atoms with Crippen LogP contribution in [0, 0.1) is 0 Å². The van der Waals surface area contributed by atoms with Crippen LogP contribution < -0.4 is 9.64 Å². The summed E-state index contributed by atoms with van der Waals surface area (Å²) in [6.45, 7) is 4.65. The Morgan fingerprint density at radius 2 is 1.96 bits per heavy atom. The van der Waals surface area contributed by atoms with Crippen molar-refractivity contribution >= 4 is 16.7 Å². The third kappa shape index (κ3) is 2.80. The minimum absolute atomic E-state index is 0.820. The number of hydrogen-bond donors (Lipinski definition) is 0. The van der Waals surface area contributed by atoms with Gasteiger partial charge in [0.25, 0.3) is 0 Å². The summed E-state index contributed by atoms with van der Waals surface area (Å²) < 4.78 is 11.0. The van der Waals surface area contributed by atoms with Crippen molar-refractivity contribution in [1.29, 1.82) is 0 Å². The standard InChI is InChI=1S/C18H20N4O2/c1-23-16-6-2-5-15-17(16)18(20-13-19-15)22-9-7-21(8-10-22)12-14-4-3-11-24-14/h2-6,11,13H,7-10,12H2,1H3. The summed E-state index contributed by atoms with van der Waals surface area (Å²) in [6.07, 6.45) is 3.36. The van der Waals surface area contributed by atoms with Gasteiger partial charge in [0.15, 0.2) is 0 Å². The van der Waals surface area contributed by atoms with Gasteiger partial charge in [-0.25, -0.2) is 9.97 Å². The molecule has 0 unspecified atom stereocenters. The SMILES string of the molecule is COc1cccc2ncnc(N3CCN(Cc4ccco4)CC3)c12. The molecule has 0 spiro atoms. The van der Waals surface area contributed by atoms with Crippen LogP contribution in [-0.2, 0) is 6.54 Å². The first-order valence-corrected chi connectivity index (χ1v) is 8.12. The van der Waals surface area contributed by atoms with Gasteiger partial charge in [-0.3, -0.25) is 4.90 Å². The van der Waals surface area contributed by atoms with Crippen molar-refractivity contribution in [3.63, 3.8) is 0 Å². The molecule has 4 rings (SSSR count). The zero-order valence-electron chi connectivity index (χ0n) is 13.7. The van der Waals surface area contributed by atoms with Gasteiger partial charge in [0.05, 0.1) is 30.8 Å². The second-order valence-corrected chi connectivity index (χ2v) is 5.89. The number of furan rings is 1. The van der Waals surface area contributed by atoms with E-state index in [1.807, 2.05) is 30.3 Å². The van der Waals surface area contributed by atoms with Gasteiger partial charge < -0.3 is 14.1 Å². The topological polar surface area (TPSA) is 54.6 Å². The molecule has 6 heteroatoms. The van der Waals surface area contributed by atoms with E-state index in [2.05, 4.69) is 19.8 Å². The van der Waals surface area contributed by atoms with Crippen LogP contribution in [0.2, 0.25) is 0 Å². The number of anilines is 1. The molecule has 0 aliphatic carbocycles. The third-order valence-corrected chi connectivity index (χ3v) is 4.46. The Morgan fingerprint density at radius 3 is 2.71 bits per heavy atom. The van der Waals surface area contributed by atoms with E-state index in [0.717, 1.165) is 61.0 Å². The van der Waals surface area contributed by atoms with Crippen molar-refractivity contribution in [2.24, 2.45) is 0 Å². The normalized spacial score (nSPS) is 15.8. The van der Waals surface area contributed by atoms with E-state index in [9.17, 15) is 0 Å². The zero-order chi connectivity index (χ0) is 16.4. The van der Waals surface area contributed by atoms with Crippen LogP contribution in [0.1, 0.15) is 5.76 Å². The number of benzene rings is 1.